The molecule has 0 bridgehead atoms. The van der Waals surface area contributed by atoms with Crippen molar-refractivity contribution in [3.05, 3.63) is 23.8 Å². The predicted molar refractivity (Wildman–Crippen MR) is 61.1 cm³/mol. The number of benzene rings is 1. The fourth-order valence-electron chi connectivity index (χ4n) is 1.45. The molecular formula is C12H15NO4. The van der Waals surface area contributed by atoms with Crippen LogP contribution in [0.2, 0.25) is 0 Å². The standard InChI is InChI=1S/C12H15NO4/c1-12(2,11(14)15)13-6-8-3-4-9-10(5-8)17-7-16-9/h3-5,13H,6-7H2,1-2H3,(H,14,15). The summed E-state index contributed by atoms with van der Waals surface area (Å²) in [4.78, 5) is 10.9. The fourth-order valence-corrected chi connectivity index (χ4v) is 1.45. The predicted octanol–water partition coefficient (Wildman–Crippen LogP) is 1.37. The summed E-state index contributed by atoms with van der Waals surface area (Å²) in [5.41, 5.74) is 0.0136. The van der Waals surface area contributed by atoms with Gasteiger partial charge in [0, 0.05) is 6.54 Å². The number of rotatable bonds is 4. The summed E-state index contributed by atoms with van der Waals surface area (Å²) in [7, 11) is 0. The molecule has 0 fully saturated rings. The van der Waals surface area contributed by atoms with Crippen molar-refractivity contribution < 1.29 is 19.4 Å². The third-order valence-corrected chi connectivity index (χ3v) is 2.71. The highest BCUT2D eigenvalue weighted by molar-refractivity contribution is 5.77. The van der Waals surface area contributed by atoms with Crippen LogP contribution in [0.25, 0.3) is 0 Å². The molecule has 0 spiro atoms. The Balaban J connectivity index is 2.03. The van der Waals surface area contributed by atoms with E-state index in [1.54, 1.807) is 13.8 Å². The van der Waals surface area contributed by atoms with Crippen LogP contribution in [0, 0.1) is 0 Å². The van der Waals surface area contributed by atoms with Gasteiger partial charge in [0.05, 0.1) is 0 Å². The number of hydrogen-bond acceptors (Lipinski definition) is 4. The Kier molecular flexibility index (Phi) is 2.93. The summed E-state index contributed by atoms with van der Waals surface area (Å²) < 4.78 is 10.5. The van der Waals surface area contributed by atoms with E-state index in [1.807, 2.05) is 18.2 Å². The number of carbonyl (C=O) groups is 1. The smallest absolute Gasteiger partial charge is 0.323 e. The first kappa shape index (κ1) is 11.7. The van der Waals surface area contributed by atoms with Gasteiger partial charge in [0.25, 0.3) is 0 Å². The molecule has 1 aromatic rings. The van der Waals surface area contributed by atoms with E-state index in [2.05, 4.69) is 5.32 Å². The molecule has 0 unspecified atom stereocenters. The minimum absolute atomic E-state index is 0.243. The molecule has 17 heavy (non-hydrogen) atoms. The Hall–Kier alpha value is -1.75. The zero-order valence-electron chi connectivity index (χ0n) is 9.82. The van der Waals surface area contributed by atoms with Gasteiger partial charge < -0.3 is 14.6 Å². The van der Waals surface area contributed by atoms with Crippen LogP contribution < -0.4 is 14.8 Å². The van der Waals surface area contributed by atoms with Crippen molar-refractivity contribution in [2.45, 2.75) is 25.9 Å². The lowest BCUT2D eigenvalue weighted by Crippen LogP contribution is -2.46. The number of carboxylic acids is 1. The molecule has 2 rings (SSSR count). The Morgan fingerprint density at radius 3 is 2.82 bits per heavy atom. The molecular weight excluding hydrogens is 222 g/mol. The largest absolute Gasteiger partial charge is 0.480 e. The summed E-state index contributed by atoms with van der Waals surface area (Å²) in [6, 6.07) is 5.57. The molecule has 0 aromatic heterocycles. The lowest BCUT2D eigenvalue weighted by Gasteiger charge is -2.21. The van der Waals surface area contributed by atoms with Gasteiger partial charge >= 0.3 is 5.97 Å². The second kappa shape index (κ2) is 4.25. The molecule has 0 aliphatic carbocycles. The van der Waals surface area contributed by atoms with Crippen LogP contribution in [0.1, 0.15) is 19.4 Å². The Morgan fingerprint density at radius 2 is 2.12 bits per heavy atom. The summed E-state index contributed by atoms with van der Waals surface area (Å²) in [6.45, 7) is 3.97. The first-order valence-electron chi connectivity index (χ1n) is 5.36. The minimum Gasteiger partial charge on any atom is -0.480 e. The van der Waals surface area contributed by atoms with Gasteiger partial charge in [-0.1, -0.05) is 6.07 Å². The van der Waals surface area contributed by atoms with E-state index in [0.717, 1.165) is 11.3 Å². The van der Waals surface area contributed by atoms with E-state index in [4.69, 9.17) is 14.6 Å². The lowest BCUT2D eigenvalue weighted by molar-refractivity contribution is -0.143. The third kappa shape index (κ3) is 2.50. The molecule has 0 atom stereocenters. The van der Waals surface area contributed by atoms with Gasteiger partial charge in [-0.25, -0.2) is 0 Å². The molecule has 1 aliphatic rings. The normalized spacial score (nSPS) is 13.8. The van der Waals surface area contributed by atoms with Gasteiger partial charge in [-0.3, -0.25) is 10.1 Å². The summed E-state index contributed by atoms with van der Waals surface area (Å²) in [6.07, 6.45) is 0. The molecule has 1 heterocycles. The van der Waals surface area contributed by atoms with Crippen LogP contribution >= 0.6 is 0 Å². The maximum atomic E-state index is 10.9. The molecule has 5 nitrogen and oxygen atoms in total. The first-order valence-corrected chi connectivity index (χ1v) is 5.36. The van der Waals surface area contributed by atoms with Crippen molar-refractivity contribution in [1.82, 2.24) is 5.32 Å². The van der Waals surface area contributed by atoms with E-state index >= 15 is 0 Å². The molecule has 92 valence electrons. The minimum atomic E-state index is -0.948. The molecule has 1 aromatic carbocycles. The summed E-state index contributed by atoms with van der Waals surface area (Å²) >= 11 is 0. The highest BCUT2D eigenvalue weighted by Gasteiger charge is 2.26. The molecule has 0 saturated carbocycles. The Labute approximate surface area is 99.3 Å². The second-order valence-electron chi connectivity index (χ2n) is 4.47. The van der Waals surface area contributed by atoms with Crippen LogP contribution in [0.15, 0.2) is 18.2 Å². The quantitative estimate of drug-likeness (QED) is 0.827. The number of ether oxygens (including phenoxy) is 2. The molecule has 5 heteroatoms. The molecule has 0 radical (unpaired) electrons. The zero-order valence-corrected chi connectivity index (χ0v) is 9.82. The van der Waals surface area contributed by atoms with Crippen molar-refractivity contribution >= 4 is 5.97 Å². The van der Waals surface area contributed by atoms with Crippen molar-refractivity contribution in [2.24, 2.45) is 0 Å². The van der Waals surface area contributed by atoms with E-state index in [0.29, 0.717) is 12.3 Å². The first-order chi connectivity index (χ1) is 7.99. The zero-order chi connectivity index (χ0) is 12.5. The van der Waals surface area contributed by atoms with Crippen molar-refractivity contribution in [1.29, 1.82) is 0 Å². The van der Waals surface area contributed by atoms with Gasteiger partial charge in [-0.15, -0.1) is 0 Å². The monoisotopic (exact) mass is 237 g/mol. The Bertz CT molecular complexity index is 442. The number of nitrogens with one attached hydrogen (secondary N) is 1. The molecule has 1 aliphatic heterocycles. The average molecular weight is 237 g/mol. The van der Waals surface area contributed by atoms with Crippen LogP contribution in [0.5, 0.6) is 11.5 Å². The maximum Gasteiger partial charge on any atom is 0.323 e. The van der Waals surface area contributed by atoms with Gasteiger partial charge in [0.15, 0.2) is 11.5 Å². The SMILES string of the molecule is CC(C)(NCc1ccc2c(c1)OCO2)C(=O)O. The van der Waals surface area contributed by atoms with Gasteiger partial charge in [-0.05, 0) is 31.5 Å². The average Bonchev–Trinajstić information content (AvgIpc) is 2.73. The van der Waals surface area contributed by atoms with E-state index < -0.39 is 11.5 Å². The number of aliphatic carboxylic acids is 1. The molecule has 2 N–H and O–H groups in total. The van der Waals surface area contributed by atoms with Gasteiger partial charge in [-0.2, -0.15) is 0 Å². The third-order valence-electron chi connectivity index (χ3n) is 2.71. The highest BCUT2D eigenvalue weighted by Crippen LogP contribution is 2.32. The topological polar surface area (TPSA) is 67.8 Å². The van der Waals surface area contributed by atoms with Crippen LogP contribution in [0.3, 0.4) is 0 Å². The van der Waals surface area contributed by atoms with E-state index in [1.165, 1.54) is 0 Å². The van der Waals surface area contributed by atoms with Gasteiger partial charge in [0.1, 0.15) is 5.54 Å². The van der Waals surface area contributed by atoms with E-state index in [9.17, 15) is 4.79 Å². The fraction of sp³-hybridized carbons (Fsp3) is 0.417. The second-order valence-corrected chi connectivity index (χ2v) is 4.47. The number of fused-ring (bicyclic) bond motifs is 1. The van der Waals surface area contributed by atoms with Crippen LogP contribution in [-0.2, 0) is 11.3 Å². The number of hydrogen-bond donors (Lipinski definition) is 2. The van der Waals surface area contributed by atoms with E-state index in [-0.39, 0.29) is 6.79 Å². The van der Waals surface area contributed by atoms with Gasteiger partial charge in [0.2, 0.25) is 6.79 Å². The van der Waals surface area contributed by atoms with Crippen LogP contribution in [-0.4, -0.2) is 23.4 Å². The molecule has 0 amide bonds. The van der Waals surface area contributed by atoms with Crippen molar-refractivity contribution in [3.8, 4) is 11.5 Å². The van der Waals surface area contributed by atoms with Crippen molar-refractivity contribution in [2.75, 3.05) is 6.79 Å². The lowest BCUT2D eigenvalue weighted by atomic mass is 10.1. The Morgan fingerprint density at radius 1 is 1.41 bits per heavy atom. The maximum absolute atomic E-state index is 10.9. The summed E-state index contributed by atoms with van der Waals surface area (Å²) in [5.74, 6) is 0.557. The summed E-state index contributed by atoms with van der Waals surface area (Å²) in [5, 5.41) is 11.9. The van der Waals surface area contributed by atoms with Crippen molar-refractivity contribution in [3.63, 3.8) is 0 Å². The number of carboxylic acid groups (broad SMARTS) is 1. The van der Waals surface area contributed by atoms with Crippen LogP contribution in [0.4, 0.5) is 0 Å². The molecule has 0 saturated heterocycles. The highest BCUT2D eigenvalue weighted by atomic mass is 16.7.